The van der Waals surface area contributed by atoms with Crippen molar-refractivity contribution in [3.63, 3.8) is 0 Å². The number of rotatable bonds is 1. The van der Waals surface area contributed by atoms with Crippen molar-refractivity contribution < 1.29 is 4.74 Å². The highest BCUT2D eigenvalue weighted by Crippen LogP contribution is 2.42. The second-order valence-corrected chi connectivity index (χ2v) is 3.29. The molecule has 0 aromatic rings. The smallest absolute Gasteiger partial charge is 0.0512 e. The summed E-state index contributed by atoms with van der Waals surface area (Å²) >= 11 is 0. The molecule has 10 heavy (non-hydrogen) atoms. The van der Waals surface area contributed by atoms with Crippen molar-refractivity contribution >= 4 is 12.4 Å². The van der Waals surface area contributed by atoms with Crippen LogP contribution in [0.25, 0.3) is 0 Å². The quantitative estimate of drug-likeness (QED) is 0.625. The molecular formula is C7H14ClNO. The van der Waals surface area contributed by atoms with E-state index in [0.29, 0.717) is 5.92 Å². The van der Waals surface area contributed by atoms with E-state index in [1.54, 1.807) is 0 Å². The van der Waals surface area contributed by atoms with Gasteiger partial charge in [0, 0.05) is 18.1 Å². The molecule has 2 aliphatic rings. The Hall–Kier alpha value is 0.210. The van der Waals surface area contributed by atoms with Crippen molar-refractivity contribution in [2.75, 3.05) is 13.2 Å². The molecule has 2 rings (SSSR count). The van der Waals surface area contributed by atoms with Gasteiger partial charge in [0.25, 0.3) is 0 Å². The van der Waals surface area contributed by atoms with Gasteiger partial charge in [0.15, 0.2) is 0 Å². The van der Waals surface area contributed by atoms with Gasteiger partial charge in [0.05, 0.1) is 6.61 Å². The molecule has 0 spiro atoms. The number of hydrogen-bond donors (Lipinski definition) is 1. The maximum absolute atomic E-state index is 5.97. The fourth-order valence-electron chi connectivity index (χ4n) is 1.54. The van der Waals surface area contributed by atoms with Crippen LogP contribution in [0.15, 0.2) is 0 Å². The zero-order chi connectivity index (χ0) is 6.32. The Labute approximate surface area is 67.5 Å². The molecule has 3 heteroatoms. The predicted octanol–water partition coefficient (Wildman–Crippen LogP) is 0.936. The monoisotopic (exact) mass is 163 g/mol. The van der Waals surface area contributed by atoms with Crippen LogP contribution in [-0.2, 0) is 4.74 Å². The summed E-state index contributed by atoms with van der Waals surface area (Å²) in [6.45, 7) is 1.85. The largest absolute Gasteiger partial charge is 0.381 e. The molecule has 0 amide bonds. The van der Waals surface area contributed by atoms with Crippen molar-refractivity contribution in [2.24, 2.45) is 11.7 Å². The molecule has 1 atom stereocenters. The first-order valence-corrected chi connectivity index (χ1v) is 3.68. The van der Waals surface area contributed by atoms with Crippen molar-refractivity contribution in [2.45, 2.75) is 24.8 Å². The minimum atomic E-state index is 0. The maximum atomic E-state index is 5.97. The van der Waals surface area contributed by atoms with Gasteiger partial charge in [0.2, 0.25) is 0 Å². The average Bonchev–Trinajstić information content (AvgIpc) is 2.46. The summed E-state index contributed by atoms with van der Waals surface area (Å²) in [7, 11) is 0. The van der Waals surface area contributed by atoms with Gasteiger partial charge in [-0.05, 0) is 19.3 Å². The van der Waals surface area contributed by atoms with Crippen LogP contribution < -0.4 is 5.73 Å². The van der Waals surface area contributed by atoms with Crippen LogP contribution in [0.1, 0.15) is 19.3 Å². The lowest BCUT2D eigenvalue weighted by molar-refractivity contribution is 0.178. The number of ether oxygens (including phenoxy) is 1. The summed E-state index contributed by atoms with van der Waals surface area (Å²) in [5, 5.41) is 0. The highest BCUT2D eigenvalue weighted by Gasteiger charge is 2.46. The molecule has 2 N–H and O–H groups in total. The first kappa shape index (κ1) is 8.31. The van der Waals surface area contributed by atoms with Crippen molar-refractivity contribution in [3.8, 4) is 0 Å². The third kappa shape index (κ3) is 1.29. The van der Waals surface area contributed by atoms with Gasteiger partial charge in [-0.15, -0.1) is 12.4 Å². The van der Waals surface area contributed by atoms with E-state index in [4.69, 9.17) is 10.5 Å². The summed E-state index contributed by atoms with van der Waals surface area (Å²) in [4.78, 5) is 0. The molecule has 0 aromatic heterocycles. The standard InChI is InChI=1S/C7H13NO.ClH/c8-7(2-3-7)6-1-4-9-5-6;/h6H,1-5,8H2;1H. The van der Waals surface area contributed by atoms with E-state index in [1.807, 2.05) is 0 Å². The van der Waals surface area contributed by atoms with Gasteiger partial charge in [0.1, 0.15) is 0 Å². The van der Waals surface area contributed by atoms with Gasteiger partial charge in [-0.2, -0.15) is 0 Å². The van der Waals surface area contributed by atoms with Crippen molar-refractivity contribution in [3.05, 3.63) is 0 Å². The highest BCUT2D eigenvalue weighted by molar-refractivity contribution is 5.85. The summed E-state index contributed by atoms with van der Waals surface area (Å²) in [6.07, 6.45) is 3.64. The van der Waals surface area contributed by atoms with Crippen molar-refractivity contribution in [1.29, 1.82) is 0 Å². The Morgan fingerprint density at radius 2 is 2.10 bits per heavy atom. The van der Waals surface area contributed by atoms with Gasteiger partial charge >= 0.3 is 0 Å². The van der Waals surface area contributed by atoms with Gasteiger partial charge < -0.3 is 10.5 Å². The molecule has 0 aromatic carbocycles. The molecule has 1 unspecified atom stereocenters. The van der Waals surface area contributed by atoms with Gasteiger partial charge in [-0.1, -0.05) is 0 Å². The summed E-state index contributed by atoms with van der Waals surface area (Å²) in [5.74, 6) is 0.678. The summed E-state index contributed by atoms with van der Waals surface area (Å²) < 4.78 is 5.24. The van der Waals surface area contributed by atoms with Crippen LogP contribution in [0.4, 0.5) is 0 Å². The Morgan fingerprint density at radius 3 is 2.50 bits per heavy atom. The zero-order valence-corrected chi connectivity index (χ0v) is 6.82. The van der Waals surface area contributed by atoms with E-state index in [-0.39, 0.29) is 17.9 Å². The summed E-state index contributed by atoms with van der Waals surface area (Å²) in [5.41, 5.74) is 6.18. The van der Waals surface area contributed by atoms with Crippen LogP contribution in [0.2, 0.25) is 0 Å². The molecule has 1 saturated heterocycles. The minimum Gasteiger partial charge on any atom is -0.381 e. The minimum absolute atomic E-state index is 0. The average molecular weight is 164 g/mol. The lowest BCUT2D eigenvalue weighted by Crippen LogP contribution is -2.32. The second-order valence-electron chi connectivity index (χ2n) is 3.29. The van der Waals surface area contributed by atoms with Crippen LogP contribution in [-0.4, -0.2) is 18.8 Å². The van der Waals surface area contributed by atoms with Crippen molar-refractivity contribution in [1.82, 2.24) is 0 Å². The first-order chi connectivity index (χ1) is 4.31. The van der Waals surface area contributed by atoms with E-state index in [1.165, 1.54) is 19.3 Å². The van der Waals surface area contributed by atoms with Crippen LogP contribution in [0.3, 0.4) is 0 Å². The molecule has 1 saturated carbocycles. The van der Waals surface area contributed by atoms with E-state index in [0.717, 1.165) is 13.2 Å². The third-order valence-electron chi connectivity index (χ3n) is 2.57. The van der Waals surface area contributed by atoms with Crippen LogP contribution >= 0.6 is 12.4 Å². The molecule has 1 aliphatic heterocycles. The van der Waals surface area contributed by atoms with Crippen LogP contribution in [0.5, 0.6) is 0 Å². The number of nitrogens with two attached hydrogens (primary N) is 1. The molecule has 2 fully saturated rings. The Bertz CT molecular complexity index is 119. The normalized spacial score (nSPS) is 35.1. The van der Waals surface area contributed by atoms with E-state index in [9.17, 15) is 0 Å². The van der Waals surface area contributed by atoms with E-state index in [2.05, 4.69) is 0 Å². The lowest BCUT2D eigenvalue weighted by atomic mass is 9.98. The molecule has 0 radical (unpaired) electrons. The van der Waals surface area contributed by atoms with E-state index >= 15 is 0 Å². The third-order valence-corrected chi connectivity index (χ3v) is 2.57. The lowest BCUT2D eigenvalue weighted by Gasteiger charge is -2.14. The summed E-state index contributed by atoms with van der Waals surface area (Å²) in [6, 6.07) is 0. The van der Waals surface area contributed by atoms with Gasteiger partial charge in [-0.25, -0.2) is 0 Å². The molecule has 1 heterocycles. The molecule has 2 nitrogen and oxygen atoms in total. The fourth-order valence-corrected chi connectivity index (χ4v) is 1.54. The predicted molar refractivity (Wildman–Crippen MR) is 42.3 cm³/mol. The second kappa shape index (κ2) is 2.68. The SMILES string of the molecule is Cl.NC1(C2CCOC2)CC1. The molecule has 1 aliphatic carbocycles. The van der Waals surface area contributed by atoms with E-state index < -0.39 is 0 Å². The first-order valence-electron chi connectivity index (χ1n) is 3.68. The highest BCUT2D eigenvalue weighted by atomic mass is 35.5. The Morgan fingerprint density at radius 1 is 1.40 bits per heavy atom. The Kier molecular flexibility index (Phi) is 2.23. The molecule has 0 bridgehead atoms. The topological polar surface area (TPSA) is 35.2 Å². The molecular weight excluding hydrogens is 150 g/mol. The van der Waals surface area contributed by atoms with Crippen LogP contribution in [0, 0.1) is 5.92 Å². The fraction of sp³-hybridized carbons (Fsp3) is 1.00. The maximum Gasteiger partial charge on any atom is 0.0512 e. The molecule has 60 valence electrons. The zero-order valence-electron chi connectivity index (χ0n) is 6.01. The number of hydrogen-bond acceptors (Lipinski definition) is 2. The Balaban J connectivity index is 0.000000500. The van der Waals surface area contributed by atoms with Gasteiger partial charge in [-0.3, -0.25) is 0 Å². The number of halogens is 1.